The summed E-state index contributed by atoms with van der Waals surface area (Å²) in [5.74, 6) is 1.89. The van der Waals surface area contributed by atoms with Crippen LogP contribution in [0, 0.1) is 0 Å². The molecule has 0 spiro atoms. The van der Waals surface area contributed by atoms with Gasteiger partial charge in [0.2, 0.25) is 0 Å². The third kappa shape index (κ3) is 1.48. The van der Waals surface area contributed by atoms with Crippen molar-refractivity contribution >= 4 is 15.9 Å². The van der Waals surface area contributed by atoms with Crippen LogP contribution >= 0.6 is 15.9 Å². The largest absolute Gasteiger partial charge is 0.507 e. The highest BCUT2D eigenvalue weighted by Gasteiger charge is 2.23. The summed E-state index contributed by atoms with van der Waals surface area (Å²) in [6, 6.07) is 5.34. The molecule has 1 aromatic carbocycles. The predicted octanol–water partition coefficient (Wildman–Crippen LogP) is 3.60. The summed E-state index contributed by atoms with van der Waals surface area (Å²) in [6.07, 6.45) is 7.92. The van der Waals surface area contributed by atoms with Crippen LogP contribution in [-0.2, 0) is 0 Å². The number of halogens is 1. The van der Waals surface area contributed by atoms with Gasteiger partial charge in [-0.25, -0.2) is 0 Å². The number of allylic oxidation sites excluding steroid dienone is 5. The third-order valence-corrected chi connectivity index (χ3v) is 3.18. The smallest absolute Gasteiger partial charge is 0.135 e. The first kappa shape index (κ1) is 9.73. The fraction of sp³-hybridized carbons (Fsp3) is 0.0769. The van der Waals surface area contributed by atoms with E-state index < -0.39 is 0 Å². The summed E-state index contributed by atoms with van der Waals surface area (Å²) >= 11 is 3.43. The number of hydrogen-bond acceptors (Lipinski definition) is 2. The molecule has 3 heteroatoms. The Morgan fingerprint density at radius 3 is 3.06 bits per heavy atom. The Kier molecular flexibility index (Phi) is 2.14. The van der Waals surface area contributed by atoms with Gasteiger partial charge in [-0.3, -0.25) is 0 Å². The molecule has 1 N–H and O–H groups in total. The standard InChI is InChI=1S/C13H9BrO2/c14-9-5-4-8-6-10(7-9)16-12-3-1-2-11(15)13(8)12/h1-8,15H. The van der Waals surface area contributed by atoms with Crippen LogP contribution in [0.2, 0.25) is 0 Å². The zero-order valence-corrected chi connectivity index (χ0v) is 9.94. The number of phenolic OH excluding ortho intramolecular Hbond substituents is 1. The van der Waals surface area contributed by atoms with Gasteiger partial charge < -0.3 is 9.84 Å². The van der Waals surface area contributed by atoms with Gasteiger partial charge in [0.1, 0.15) is 17.3 Å². The van der Waals surface area contributed by atoms with Crippen LogP contribution in [0.15, 0.2) is 52.7 Å². The maximum absolute atomic E-state index is 9.85. The quantitative estimate of drug-likeness (QED) is 0.785. The van der Waals surface area contributed by atoms with E-state index in [9.17, 15) is 5.11 Å². The highest BCUT2D eigenvalue weighted by Crippen LogP contribution is 2.42. The molecule has 0 radical (unpaired) electrons. The highest BCUT2D eigenvalue weighted by atomic mass is 79.9. The van der Waals surface area contributed by atoms with Gasteiger partial charge in [0.15, 0.2) is 0 Å². The van der Waals surface area contributed by atoms with Crippen molar-refractivity contribution in [2.75, 3.05) is 0 Å². The maximum Gasteiger partial charge on any atom is 0.135 e. The molecule has 0 aromatic heterocycles. The SMILES string of the molecule is Oc1cccc2c1C1C=CC(Br)=CC(=C1)O2. The van der Waals surface area contributed by atoms with Gasteiger partial charge >= 0.3 is 0 Å². The van der Waals surface area contributed by atoms with Crippen LogP contribution in [0.5, 0.6) is 11.5 Å². The molecule has 2 bridgehead atoms. The van der Waals surface area contributed by atoms with Crippen LogP contribution < -0.4 is 4.74 Å². The molecule has 0 amide bonds. The van der Waals surface area contributed by atoms with Gasteiger partial charge in [0, 0.05) is 16.0 Å². The Labute approximate surface area is 102 Å². The second-order valence-electron chi connectivity index (χ2n) is 3.77. The van der Waals surface area contributed by atoms with Crippen LogP contribution in [0.3, 0.4) is 0 Å². The van der Waals surface area contributed by atoms with Gasteiger partial charge in [0.05, 0.1) is 0 Å². The van der Waals surface area contributed by atoms with Gasteiger partial charge in [-0.1, -0.05) is 34.1 Å². The van der Waals surface area contributed by atoms with E-state index in [0.29, 0.717) is 0 Å². The zero-order valence-electron chi connectivity index (χ0n) is 8.35. The normalized spacial score (nSPS) is 21.4. The molecule has 2 nitrogen and oxygen atoms in total. The molecule has 3 rings (SSSR count). The second kappa shape index (κ2) is 3.52. The minimum Gasteiger partial charge on any atom is -0.507 e. The highest BCUT2D eigenvalue weighted by molar-refractivity contribution is 9.11. The Morgan fingerprint density at radius 2 is 2.19 bits per heavy atom. The average molecular weight is 277 g/mol. The molecule has 1 aliphatic heterocycles. The van der Waals surface area contributed by atoms with Crippen molar-refractivity contribution in [1.29, 1.82) is 0 Å². The molecule has 16 heavy (non-hydrogen) atoms. The van der Waals surface area contributed by atoms with Crippen molar-refractivity contribution in [2.45, 2.75) is 5.92 Å². The van der Waals surface area contributed by atoms with E-state index in [0.717, 1.165) is 21.6 Å². The number of rotatable bonds is 0. The lowest BCUT2D eigenvalue weighted by Crippen LogP contribution is -2.06. The number of benzene rings is 1. The Bertz CT molecular complexity index is 541. The monoisotopic (exact) mass is 276 g/mol. The van der Waals surface area contributed by atoms with Gasteiger partial charge in [-0.2, -0.15) is 0 Å². The molecule has 0 saturated carbocycles. The van der Waals surface area contributed by atoms with E-state index in [-0.39, 0.29) is 11.7 Å². The second-order valence-corrected chi connectivity index (χ2v) is 4.69. The fourth-order valence-electron chi connectivity index (χ4n) is 1.99. The molecule has 1 aliphatic carbocycles. The van der Waals surface area contributed by atoms with Crippen molar-refractivity contribution in [3.8, 4) is 11.5 Å². The molecule has 1 unspecified atom stereocenters. The Hall–Kier alpha value is -1.48. The van der Waals surface area contributed by atoms with Crippen LogP contribution in [0.4, 0.5) is 0 Å². The van der Waals surface area contributed by atoms with Crippen molar-refractivity contribution in [3.63, 3.8) is 0 Å². The van der Waals surface area contributed by atoms with Crippen molar-refractivity contribution in [1.82, 2.24) is 0 Å². The minimum absolute atomic E-state index is 0.0752. The van der Waals surface area contributed by atoms with Crippen molar-refractivity contribution in [2.24, 2.45) is 0 Å². The number of phenols is 1. The van der Waals surface area contributed by atoms with Crippen molar-refractivity contribution in [3.05, 3.63) is 58.3 Å². The lowest BCUT2D eigenvalue weighted by molar-refractivity contribution is 0.408. The summed E-state index contributed by atoms with van der Waals surface area (Å²) in [5.41, 5.74) is 0.832. The lowest BCUT2D eigenvalue weighted by atomic mass is 9.94. The van der Waals surface area contributed by atoms with Gasteiger partial charge in [0.25, 0.3) is 0 Å². The molecule has 0 saturated heterocycles. The predicted molar refractivity (Wildman–Crippen MR) is 65.7 cm³/mol. The number of fused-ring (bicyclic) bond motifs is 3. The Morgan fingerprint density at radius 1 is 1.31 bits per heavy atom. The summed E-state index contributed by atoms with van der Waals surface area (Å²) in [7, 11) is 0. The maximum atomic E-state index is 9.85. The van der Waals surface area contributed by atoms with E-state index >= 15 is 0 Å². The van der Waals surface area contributed by atoms with Crippen LogP contribution in [-0.4, -0.2) is 5.11 Å². The zero-order chi connectivity index (χ0) is 11.1. The van der Waals surface area contributed by atoms with E-state index in [4.69, 9.17) is 4.74 Å². The third-order valence-electron chi connectivity index (χ3n) is 2.69. The number of aromatic hydroxyl groups is 1. The van der Waals surface area contributed by atoms with E-state index in [2.05, 4.69) is 15.9 Å². The topological polar surface area (TPSA) is 29.5 Å². The molecule has 0 fully saturated rings. The van der Waals surface area contributed by atoms with E-state index in [1.54, 1.807) is 12.1 Å². The van der Waals surface area contributed by atoms with Crippen LogP contribution in [0.1, 0.15) is 11.5 Å². The first-order valence-corrected chi connectivity index (χ1v) is 5.80. The summed E-state index contributed by atoms with van der Waals surface area (Å²) in [4.78, 5) is 0. The minimum atomic E-state index is 0.0752. The molecule has 1 aromatic rings. The first-order chi connectivity index (χ1) is 7.74. The first-order valence-electron chi connectivity index (χ1n) is 5.01. The summed E-state index contributed by atoms with van der Waals surface area (Å²) in [5, 5.41) is 9.85. The molecular formula is C13H9BrO2. The van der Waals surface area contributed by atoms with Crippen molar-refractivity contribution < 1.29 is 9.84 Å². The molecule has 80 valence electrons. The summed E-state index contributed by atoms with van der Waals surface area (Å²) in [6.45, 7) is 0. The van der Waals surface area contributed by atoms with Gasteiger partial charge in [-0.05, 0) is 24.3 Å². The van der Waals surface area contributed by atoms with Gasteiger partial charge in [-0.15, -0.1) is 0 Å². The number of hydrogen-bond donors (Lipinski definition) is 1. The van der Waals surface area contributed by atoms with Crippen LogP contribution in [0.25, 0.3) is 0 Å². The number of ether oxygens (including phenoxy) is 1. The van der Waals surface area contributed by atoms with E-state index in [1.165, 1.54) is 0 Å². The molecular weight excluding hydrogens is 268 g/mol. The summed E-state index contributed by atoms with van der Waals surface area (Å²) < 4.78 is 6.65. The Balaban J connectivity index is 2.19. The van der Waals surface area contributed by atoms with E-state index in [1.807, 2.05) is 30.4 Å². The lowest BCUT2D eigenvalue weighted by Gasteiger charge is -2.21. The fourth-order valence-corrected chi connectivity index (χ4v) is 2.36. The molecule has 2 aliphatic rings. The average Bonchev–Trinajstić information content (AvgIpc) is 2.38. The molecule has 1 heterocycles. The molecule has 1 atom stereocenters.